The molecule has 2 aromatic carbocycles. The van der Waals surface area contributed by atoms with Crippen LogP contribution < -0.4 is 4.74 Å². The van der Waals surface area contributed by atoms with Gasteiger partial charge in [-0.25, -0.2) is 4.79 Å². The van der Waals surface area contributed by atoms with Crippen molar-refractivity contribution in [2.75, 3.05) is 13.2 Å². The average molecular weight is 386 g/mol. The van der Waals surface area contributed by atoms with Crippen LogP contribution in [0.4, 0.5) is 0 Å². The second-order valence-corrected chi connectivity index (χ2v) is 6.59. The van der Waals surface area contributed by atoms with Crippen molar-refractivity contribution in [1.29, 1.82) is 0 Å². The minimum Gasteiger partial charge on any atom is -0.482 e. The van der Waals surface area contributed by atoms with E-state index in [0.717, 1.165) is 28.5 Å². The van der Waals surface area contributed by atoms with Crippen molar-refractivity contribution in [3.8, 4) is 5.75 Å². The van der Waals surface area contributed by atoms with Crippen LogP contribution in [0.5, 0.6) is 5.75 Å². The Morgan fingerprint density at radius 1 is 1.15 bits per heavy atom. The maximum absolute atomic E-state index is 12.4. The van der Waals surface area contributed by atoms with Crippen LogP contribution in [0.2, 0.25) is 5.02 Å². The van der Waals surface area contributed by atoms with Crippen LogP contribution in [0.1, 0.15) is 28.4 Å². The first-order chi connectivity index (χ1) is 13.0. The SMILES string of the molecule is CCc1cccc2c(C(=O)COC(=O)COc3ccc(Cl)c(C)c3)c[nH]c12. The largest absolute Gasteiger partial charge is 0.482 e. The lowest BCUT2D eigenvalue weighted by Crippen LogP contribution is -2.19. The number of esters is 1. The number of rotatable bonds is 7. The highest BCUT2D eigenvalue weighted by Crippen LogP contribution is 2.23. The standard InChI is InChI=1S/C21H20ClNO4/c1-3-14-5-4-6-16-17(10-23-21(14)16)19(24)11-27-20(25)12-26-15-7-8-18(22)13(2)9-15/h4-10,23H,3,11-12H2,1-2H3. The molecule has 0 bridgehead atoms. The molecule has 0 amide bonds. The van der Waals surface area contributed by atoms with Gasteiger partial charge in [0.25, 0.3) is 0 Å². The van der Waals surface area contributed by atoms with Crippen LogP contribution in [0, 0.1) is 6.92 Å². The molecule has 1 heterocycles. The normalized spacial score (nSPS) is 10.8. The summed E-state index contributed by atoms with van der Waals surface area (Å²) in [6.45, 7) is 3.30. The maximum Gasteiger partial charge on any atom is 0.344 e. The summed E-state index contributed by atoms with van der Waals surface area (Å²) < 4.78 is 10.4. The number of H-pyrrole nitrogens is 1. The van der Waals surface area contributed by atoms with E-state index in [-0.39, 0.29) is 19.0 Å². The Kier molecular flexibility index (Phi) is 5.81. The molecule has 1 N–H and O–H groups in total. The van der Waals surface area contributed by atoms with Gasteiger partial charge in [-0.05, 0) is 42.7 Å². The molecule has 0 aliphatic carbocycles. The number of aromatic nitrogens is 1. The highest BCUT2D eigenvalue weighted by atomic mass is 35.5. The van der Waals surface area contributed by atoms with E-state index in [0.29, 0.717) is 16.3 Å². The lowest BCUT2D eigenvalue weighted by atomic mass is 10.1. The van der Waals surface area contributed by atoms with E-state index < -0.39 is 5.97 Å². The van der Waals surface area contributed by atoms with Crippen LogP contribution in [-0.2, 0) is 16.0 Å². The van der Waals surface area contributed by atoms with Crippen molar-refractivity contribution in [2.24, 2.45) is 0 Å². The fourth-order valence-electron chi connectivity index (χ4n) is 2.86. The van der Waals surface area contributed by atoms with Crippen molar-refractivity contribution < 1.29 is 19.1 Å². The van der Waals surface area contributed by atoms with E-state index in [1.165, 1.54) is 0 Å². The molecule has 0 aliphatic rings. The number of carbonyl (C=O) groups excluding carboxylic acids is 2. The zero-order chi connectivity index (χ0) is 19.4. The van der Waals surface area contributed by atoms with Gasteiger partial charge in [-0.1, -0.05) is 36.7 Å². The zero-order valence-corrected chi connectivity index (χ0v) is 15.9. The third kappa shape index (κ3) is 4.31. The molecule has 6 heteroatoms. The molecule has 0 radical (unpaired) electrons. The minimum atomic E-state index is -0.606. The van der Waals surface area contributed by atoms with Crippen molar-refractivity contribution in [2.45, 2.75) is 20.3 Å². The minimum absolute atomic E-state index is 0.259. The number of benzene rings is 2. The Labute approximate surface area is 162 Å². The van der Waals surface area contributed by atoms with Gasteiger partial charge in [-0.15, -0.1) is 0 Å². The Hall–Kier alpha value is -2.79. The van der Waals surface area contributed by atoms with Crippen LogP contribution in [0.3, 0.4) is 0 Å². The van der Waals surface area contributed by atoms with Gasteiger partial charge >= 0.3 is 5.97 Å². The van der Waals surface area contributed by atoms with E-state index in [2.05, 4.69) is 11.9 Å². The summed E-state index contributed by atoms with van der Waals surface area (Å²) in [5.41, 5.74) is 3.44. The molecule has 0 atom stereocenters. The first-order valence-corrected chi connectivity index (χ1v) is 9.04. The molecule has 140 valence electrons. The summed E-state index contributed by atoms with van der Waals surface area (Å²) in [6.07, 6.45) is 2.52. The van der Waals surface area contributed by atoms with Crippen molar-refractivity contribution in [3.05, 3.63) is 64.3 Å². The Morgan fingerprint density at radius 3 is 2.70 bits per heavy atom. The number of halogens is 1. The summed E-state index contributed by atoms with van der Waals surface area (Å²) in [7, 11) is 0. The number of Topliss-reactive ketones (excluding diaryl/α,β-unsaturated/α-hetero) is 1. The van der Waals surface area contributed by atoms with E-state index >= 15 is 0 Å². The molecule has 0 unspecified atom stereocenters. The van der Waals surface area contributed by atoms with Crippen molar-refractivity contribution >= 4 is 34.3 Å². The lowest BCUT2D eigenvalue weighted by Gasteiger charge is -2.08. The number of carbonyl (C=O) groups is 2. The van der Waals surface area contributed by atoms with Crippen LogP contribution in [0.15, 0.2) is 42.6 Å². The smallest absolute Gasteiger partial charge is 0.344 e. The van der Waals surface area contributed by atoms with Gasteiger partial charge in [-0.2, -0.15) is 0 Å². The maximum atomic E-state index is 12.4. The number of aromatic amines is 1. The van der Waals surface area contributed by atoms with E-state index in [4.69, 9.17) is 21.1 Å². The number of hydrogen-bond donors (Lipinski definition) is 1. The van der Waals surface area contributed by atoms with E-state index in [1.807, 2.05) is 25.1 Å². The van der Waals surface area contributed by atoms with Crippen LogP contribution in [0.25, 0.3) is 10.9 Å². The van der Waals surface area contributed by atoms with Crippen LogP contribution >= 0.6 is 11.6 Å². The van der Waals surface area contributed by atoms with Gasteiger partial charge in [-0.3, -0.25) is 4.79 Å². The van der Waals surface area contributed by atoms with Gasteiger partial charge in [0.2, 0.25) is 5.78 Å². The molecule has 0 saturated carbocycles. The number of aryl methyl sites for hydroxylation is 2. The second kappa shape index (κ2) is 8.27. The monoisotopic (exact) mass is 385 g/mol. The third-order valence-electron chi connectivity index (χ3n) is 4.33. The van der Waals surface area contributed by atoms with Crippen molar-refractivity contribution in [3.63, 3.8) is 0 Å². The van der Waals surface area contributed by atoms with Gasteiger partial charge in [0.15, 0.2) is 13.2 Å². The molecular weight excluding hydrogens is 366 g/mol. The quantitative estimate of drug-likeness (QED) is 0.480. The summed E-state index contributed by atoms with van der Waals surface area (Å²) in [6, 6.07) is 10.9. The Bertz CT molecular complexity index is 993. The third-order valence-corrected chi connectivity index (χ3v) is 4.76. The molecular formula is C21H20ClNO4. The molecule has 0 spiro atoms. The average Bonchev–Trinajstić information content (AvgIpc) is 3.11. The number of nitrogens with one attached hydrogen (secondary N) is 1. The second-order valence-electron chi connectivity index (χ2n) is 6.18. The molecule has 0 saturated heterocycles. The number of para-hydroxylation sites is 1. The predicted octanol–water partition coefficient (Wildman–Crippen LogP) is 4.50. The van der Waals surface area contributed by atoms with E-state index in [9.17, 15) is 9.59 Å². The van der Waals surface area contributed by atoms with E-state index in [1.54, 1.807) is 24.4 Å². The van der Waals surface area contributed by atoms with Gasteiger partial charge in [0.1, 0.15) is 5.75 Å². The molecule has 3 rings (SSSR count). The molecule has 1 aromatic heterocycles. The number of fused-ring (bicyclic) bond motifs is 1. The van der Waals surface area contributed by atoms with Gasteiger partial charge in [0, 0.05) is 27.7 Å². The molecule has 5 nitrogen and oxygen atoms in total. The summed E-state index contributed by atoms with van der Waals surface area (Å²) in [5, 5.41) is 1.46. The summed E-state index contributed by atoms with van der Waals surface area (Å²) in [4.78, 5) is 27.4. The first-order valence-electron chi connectivity index (χ1n) is 8.66. The number of ketones is 1. The lowest BCUT2D eigenvalue weighted by molar-refractivity contribution is -0.144. The summed E-state index contributed by atoms with van der Waals surface area (Å²) >= 11 is 5.95. The van der Waals surface area contributed by atoms with Crippen LogP contribution in [-0.4, -0.2) is 30.0 Å². The van der Waals surface area contributed by atoms with Gasteiger partial charge in [0.05, 0.1) is 0 Å². The Balaban J connectivity index is 1.57. The number of hydrogen-bond acceptors (Lipinski definition) is 4. The Morgan fingerprint density at radius 2 is 1.96 bits per heavy atom. The fraction of sp³-hybridized carbons (Fsp3) is 0.238. The predicted molar refractivity (Wildman–Crippen MR) is 105 cm³/mol. The highest BCUT2D eigenvalue weighted by molar-refractivity contribution is 6.31. The number of ether oxygens (including phenoxy) is 2. The highest BCUT2D eigenvalue weighted by Gasteiger charge is 2.16. The van der Waals surface area contributed by atoms with Crippen molar-refractivity contribution in [1.82, 2.24) is 4.98 Å². The van der Waals surface area contributed by atoms with Gasteiger partial charge < -0.3 is 14.5 Å². The molecule has 0 fully saturated rings. The fourth-order valence-corrected chi connectivity index (χ4v) is 2.97. The topological polar surface area (TPSA) is 68.4 Å². The molecule has 3 aromatic rings. The molecule has 0 aliphatic heterocycles. The molecule has 27 heavy (non-hydrogen) atoms. The summed E-state index contributed by atoms with van der Waals surface area (Å²) in [5.74, 6) is -0.348. The zero-order valence-electron chi connectivity index (χ0n) is 15.2. The first kappa shape index (κ1) is 19.0.